The van der Waals surface area contributed by atoms with Crippen molar-refractivity contribution in [2.24, 2.45) is 13.0 Å². The van der Waals surface area contributed by atoms with Crippen LogP contribution in [-0.4, -0.2) is 53.4 Å². The summed E-state index contributed by atoms with van der Waals surface area (Å²) in [6.45, 7) is 3.46. The fraction of sp³-hybridized carbons (Fsp3) is 0.524. The van der Waals surface area contributed by atoms with E-state index < -0.39 is 0 Å². The van der Waals surface area contributed by atoms with Crippen molar-refractivity contribution in [3.8, 4) is 11.5 Å². The summed E-state index contributed by atoms with van der Waals surface area (Å²) in [5.74, 6) is 1.95. The number of carbonyl (C=O) groups is 1. The van der Waals surface area contributed by atoms with Gasteiger partial charge in [-0.25, -0.2) is 0 Å². The van der Waals surface area contributed by atoms with Crippen LogP contribution in [0.5, 0.6) is 11.5 Å². The van der Waals surface area contributed by atoms with E-state index in [1.807, 2.05) is 31.6 Å². The summed E-state index contributed by atoms with van der Waals surface area (Å²) in [6, 6.07) is 6.08. The number of amides is 1. The van der Waals surface area contributed by atoms with Gasteiger partial charge in [0.2, 0.25) is 5.91 Å². The topological polar surface area (TPSA) is 68.6 Å². The van der Waals surface area contributed by atoms with Crippen molar-refractivity contribution < 1.29 is 14.3 Å². The molecular weight excluding hydrogens is 392 g/mol. The van der Waals surface area contributed by atoms with Gasteiger partial charge >= 0.3 is 0 Å². The maximum atomic E-state index is 13.6. The molecule has 7 nitrogen and oxygen atoms in total. The summed E-state index contributed by atoms with van der Waals surface area (Å²) in [6.07, 6.45) is 5.89. The highest BCUT2D eigenvalue weighted by Gasteiger charge is 2.41. The Balaban J connectivity index is 0.00000205. The molecule has 5 rings (SSSR count). The molecule has 1 aromatic carbocycles. The summed E-state index contributed by atoms with van der Waals surface area (Å²) in [7, 11) is 1.92. The first-order valence-corrected chi connectivity index (χ1v) is 10.1. The molecule has 0 spiro atoms. The van der Waals surface area contributed by atoms with E-state index in [1.165, 1.54) is 0 Å². The molecule has 4 heterocycles. The minimum absolute atomic E-state index is 0. The van der Waals surface area contributed by atoms with Crippen LogP contribution in [0, 0.1) is 5.92 Å². The zero-order valence-corrected chi connectivity index (χ0v) is 17.4. The summed E-state index contributed by atoms with van der Waals surface area (Å²) in [5, 5.41) is 7.71. The zero-order valence-electron chi connectivity index (χ0n) is 16.5. The standard InChI is InChI=1S/C21H26N4O3.ClH/c1-24-13-14(10-23-24)16-11-22-12-17(16)21(26)25-7-3-5-18(25)15-4-2-6-19-20(15)28-9-8-27-19;/h2,4,6,10,13,16-18,22H,3,5,7-9,11-12H2,1H3;1H/t16-,17+,18?;/m1./s1. The molecule has 1 unspecified atom stereocenters. The first-order valence-electron chi connectivity index (χ1n) is 10.1. The van der Waals surface area contributed by atoms with Gasteiger partial charge in [-0.1, -0.05) is 12.1 Å². The Bertz CT molecular complexity index is 887. The lowest BCUT2D eigenvalue weighted by Crippen LogP contribution is -2.38. The average molecular weight is 419 g/mol. The second-order valence-electron chi connectivity index (χ2n) is 7.88. The molecule has 1 N–H and O–H groups in total. The highest BCUT2D eigenvalue weighted by molar-refractivity contribution is 5.85. The molecular formula is C21H27ClN4O3. The fourth-order valence-electron chi connectivity index (χ4n) is 4.85. The molecule has 2 fully saturated rings. The summed E-state index contributed by atoms with van der Waals surface area (Å²) < 4.78 is 13.5. The van der Waals surface area contributed by atoms with Crippen molar-refractivity contribution in [2.45, 2.75) is 24.8 Å². The highest BCUT2D eigenvalue weighted by atomic mass is 35.5. The van der Waals surface area contributed by atoms with Crippen molar-refractivity contribution in [3.05, 3.63) is 41.7 Å². The third-order valence-corrected chi connectivity index (χ3v) is 6.18. The molecule has 0 saturated carbocycles. The minimum Gasteiger partial charge on any atom is -0.486 e. The predicted octanol–water partition coefficient (Wildman–Crippen LogP) is 2.28. The van der Waals surface area contributed by atoms with Gasteiger partial charge in [0.1, 0.15) is 13.2 Å². The quantitative estimate of drug-likeness (QED) is 0.828. The summed E-state index contributed by atoms with van der Waals surface area (Å²) in [5.41, 5.74) is 2.21. The number of para-hydroxylation sites is 1. The number of ether oxygens (including phenoxy) is 2. The number of aryl methyl sites for hydroxylation is 1. The number of benzene rings is 1. The number of hydrogen-bond donors (Lipinski definition) is 1. The highest BCUT2D eigenvalue weighted by Crippen LogP contribution is 2.44. The van der Waals surface area contributed by atoms with Gasteiger partial charge in [0.25, 0.3) is 0 Å². The van der Waals surface area contributed by atoms with E-state index >= 15 is 0 Å². The van der Waals surface area contributed by atoms with Crippen LogP contribution >= 0.6 is 12.4 Å². The van der Waals surface area contributed by atoms with Crippen molar-refractivity contribution in [1.29, 1.82) is 0 Å². The largest absolute Gasteiger partial charge is 0.486 e. The number of nitrogens with one attached hydrogen (secondary N) is 1. The van der Waals surface area contributed by atoms with Crippen molar-refractivity contribution in [1.82, 2.24) is 20.0 Å². The lowest BCUT2D eigenvalue weighted by molar-refractivity contribution is -0.136. The molecule has 1 aromatic heterocycles. The molecule has 2 saturated heterocycles. The lowest BCUT2D eigenvalue weighted by Gasteiger charge is -2.31. The Morgan fingerprint density at radius 3 is 2.93 bits per heavy atom. The predicted molar refractivity (Wildman–Crippen MR) is 111 cm³/mol. The van der Waals surface area contributed by atoms with Crippen LogP contribution in [0.4, 0.5) is 0 Å². The average Bonchev–Trinajstić information content (AvgIpc) is 3.47. The Hall–Kier alpha value is -2.25. The lowest BCUT2D eigenvalue weighted by atomic mass is 9.89. The van der Waals surface area contributed by atoms with Crippen LogP contribution in [0.3, 0.4) is 0 Å². The maximum Gasteiger partial charge on any atom is 0.228 e. The number of fused-ring (bicyclic) bond motifs is 1. The van der Waals surface area contributed by atoms with E-state index in [0.29, 0.717) is 19.8 Å². The van der Waals surface area contributed by atoms with Crippen LogP contribution in [0.1, 0.15) is 35.9 Å². The maximum absolute atomic E-state index is 13.6. The Labute approximate surface area is 176 Å². The molecule has 156 valence electrons. The van der Waals surface area contributed by atoms with E-state index in [-0.39, 0.29) is 36.2 Å². The third-order valence-electron chi connectivity index (χ3n) is 6.18. The van der Waals surface area contributed by atoms with Gasteiger partial charge in [0, 0.05) is 44.4 Å². The van der Waals surface area contributed by atoms with Gasteiger partial charge in [-0.15, -0.1) is 12.4 Å². The molecule has 3 aliphatic heterocycles. The SMILES string of the molecule is Cl.Cn1cc([C@H]2CNC[C@@H]2C(=O)N2CCCC2c2cccc3c2OCCO3)cn1. The molecule has 0 radical (unpaired) electrons. The van der Waals surface area contributed by atoms with E-state index in [2.05, 4.69) is 21.4 Å². The number of nitrogens with zero attached hydrogens (tertiary/aromatic N) is 3. The molecule has 0 bridgehead atoms. The molecule has 1 amide bonds. The van der Waals surface area contributed by atoms with Crippen molar-refractivity contribution in [2.75, 3.05) is 32.8 Å². The van der Waals surface area contributed by atoms with E-state index in [1.54, 1.807) is 4.68 Å². The minimum atomic E-state index is -0.0542. The van der Waals surface area contributed by atoms with Gasteiger partial charge in [-0.2, -0.15) is 5.10 Å². The Morgan fingerprint density at radius 2 is 2.10 bits per heavy atom. The normalized spacial score (nSPS) is 25.7. The van der Waals surface area contributed by atoms with Crippen LogP contribution in [0.25, 0.3) is 0 Å². The molecule has 0 aliphatic carbocycles. The van der Waals surface area contributed by atoms with Gasteiger partial charge in [0.15, 0.2) is 11.5 Å². The summed E-state index contributed by atoms with van der Waals surface area (Å²) in [4.78, 5) is 15.6. The number of rotatable bonds is 3. The third kappa shape index (κ3) is 3.57. The number of halogens is 1. The monoisotopic (exact) mass is 418 g/mol. The van der Waals surface area contributed by atoms with Crippen molar-refractivity contribution in [3.63, 3.8) is 0 Å². The number of hydrogen-bond acceptors (Lipinski definition) is 5. The first-order chi connectivity index (χ1) is 13.7. The fourth-order valence-corrected chi connectivity index (χ4v) is 4.85. The van der Waals surface area contributed by atoms with Gasteiger partial charge < -0.3 is 19.7 Å². The van der Waals surface area contributed by atoms with Crippen LogP contribution in [0.15, 0.2) is 30.6 Å². The second-order valence-corrected chi connectivity index (χ2v) is 7.88. The van der Waals surface area contributed by atoms with Gasteiger partial charge in [-0.05, 0) is 24.5 Å². The van der Waals surface area contributed by atoms with E-state index in [4.69, 9.17) is 9.47 Å². The van der Waals surface area contributed by atoms with Gasteiger partial charge in [0.05, 0.1) is 18.2 Å². The first kappa shape index (κ1) is 20.0. The van der Waals surface area contributed by atoms with E-state index in [9.17, 15) is 4.79 Å². The van der Waals surface area contributed by atoms with E-state index in [0.717, 1.165) is 48.6 Å². The number of carbonyl (C=O) groups excluding carboxylic acids is 1. The Kier molecular flexibility index (Phi) is 5.69. The molecule has 3 aliphatic rings. The van der Waals surface area contributed by atoms with Crippen LogP contribution in [0.2, 0.25) is 0 Å². The number of likely N-dealkylation sites (tertiary alicyclic amines) is 1. The van der Waals surface area contributed by atoms with Gasteiger partial charge in [-0.3, -0.25) is 9.48 Å². The van der Waals surface area contributed by atoms with Crippen LogP contribution in [-0.2, 0) is 11.8 Å². The Morgan fingerprint density at radius 1 is 1.24 bits per heavy atom. The molecule has 2 aromatic rings. The summed E-state index contributed by atoms with van der Waals surface area (Å²) >= 11 is 0. The number of aromatic nitrogens is 2. The van der Waals surface area contributed by atoms with Crippen molar-refractivity contribution >= 4 is 18.3 Å². The molecule has 8 heteroatoms. The molecule has 3 atom stereocenters. The molecule has 29 heavy (non-hydrogen) atoms. The smallest absolute Gasteiger partial charge is 0.228 e. The van der Waals surface area contributed by atoms with Crippen LogP contribution < -0.4 is 14.8 Å². The zero-order chi connectivity index (χ0) is 19.1. The second kappa shape index (κ2) is 8.24.